The molecule has 0 atom stereocenters. The van der Waals surface area contributed by atoms with Crippen molar-refractivity contribution in [3.05, 3.63) is 58.1 Å². The summed E-state index contributed by atoms with van der Waals surface area (Å²) in [6, 6.07) is 12.4. The second-order valence-electron chi connectivity index (χ2n) is 6.45. The summed E-state index contributed by atoms with van der Waals surface area (Å²) in [6.07, 6.45) is 0. The van der Waals surface area contributed by atoms with Crippen molar-refractivity contribution in [1.29, 1.82) is 0 Å². The van der Waals surface area contributed by atoms with Crippen molar-refractivity contribution in [2.75, 3.05) is 39.6 Å². The van der Waals surface area contributed by atoms with Crippen LogP contribution in [0.5, 0.6) is 5.75 Å². The fraction of sp³-hybridized carbons (Fsp3) is 0.300. The highest BCUT2D eigenvalue weighted by Crippen LogP contribution is 2.24. The zero-order chi connectivity index (χ0) is 20.7. The standard InChI is InChI=1S/C20H23Cl2N3O3/c1-24(12-19(26)23-15-7-8-17(21)18(22)10-15)13-20(27)25(2)11-14-5-4-6-16(9-14)28-3/h4-10H,11-13H2,1-3H3,(H,23,26). The van der Waals surface area contributed by atoms with Crippen molar-refractivity contribution in [2.45, 2.75) is 6.54 Å². The van der Waals surface area contributed by atoms with Crippen LogP contribution in [-0.2, 0) is 16.1 Å². The number of rotatable bonds is 8. The van der Waals surface area contributed by atoms with Gasteiger partial charge >= 0.3 is 0 Å². The topological polar surface area (TPSA) is 61.9 Å². The first kappa shape index (κ1) is 22.0. The molecule has 0 heterocycles. The van der Waals surface area contributed by atoms with Gasteiger partial charge in [-0.3, -0.25) is 14.5 Å². The first-order valence-corrected chi connectivity index (χ1v) is 9.34. The van der Waals surface area contributed by atoms with Crippen LogP contribution in [0.25, 0.3) is 0 Å². The Bertz CT molecular complexity index is 845. The van der Waals surface area contributed by atoms with Gasteiger partial charge in [0, 0.05) is 19.3 Å². The number of likely N-dealkylation sites (N-methyl/N-ethyl adjacent to an activating group) is 2. The third kappa shape index (κ3) is 6.71. The van der Waals surface area contributed by atoms with Crippen molar-refractivity contribution in [2.24, 2.45) is 0 Å². The molecule has 150 valence electrons. The Kier molecular flexibility index (Phi) is 8.11. The molecule has 6 nitrogen and oxygen atoms in total. The van der Waals surface area contributed by atoms with Crippen molar-refractivity contribution in [3.63, 3.8) is 0 Å². The van der Waals surface area contributed by atoms with E-state index in [-0.39, 0.29) is 24.9 Å². The third-order valence-electron chi connectivity index (χ3n) is 4.00. The molecular formula is C20H23Cl2N3O3. The van der Waals surface area contributed by atoms with Gasteiger partial charge in [0.25, 0.3) is 0 Å². The highest BCUT2D eigenvalue weighted by atomic mass is 35.5. The molecule has 2 aromatic rings. The smallest absolute Gasteiger partial charge is 0.238 e. The molecule has 0 aliphatic heterocycles. The molecule has 0 aliphatic carbocycles. The van der Waals surface area contributed by atoms with Gasteiger partial charge in [0.1, 0.15) is 5.75 Å². The summed E-state index contributed by atoms with van der Waals surface area (Å²) in [5.41, 5.74) is 1.52. The molecule has 2 rings (SSSR count). The second kappa shape index (κ2) is 10.3. The number of nitrogens with one attached hydrogen (secondary N) is 1. The van der Waals surface area contributed by atoms with Gasteiger partial charge < -0.3 is 15.0 Å². The predicted molar refractivity (Wildman–Crippen MR) is 112 cm³/mol. The minimum Gasteiger partial charge on any atom is -0.497 e. The van der Waals surface area contributed by atoms with Gasteiger partial charge in [-0.1, -0.05) is 35.3 Å². The molecule has 8 heteroatoms. The maximum atomic E-state index is 12.4. The van der Waals surface area contributed by atoms with E-state index in [9.17, 15) is 9.59 Å². The predicted octanol–water partition coefficient (Wildman–Crippen LogP) is 3.53. The first-order chi connectivity index (χ1) is 13.3. The summed E-state index contributed by atoms with van der Waals surface area (Å²) >= 11 is 11.8. The van der Waals surface area contributed by atoms with E-state index in [4.69, 9.17) is 27.9 Å². The number of carbonyl (C=O) groups excluding carboxylic acids is 2. The van der Waals surface area contributed by atoms with Crippen LogP contribution in [0.1, 0.15) is 5.56 Å². The van der Waals surface area contributed by atoms with Crippen molar-refractivity contribution < 1.29 is 14.3 Å². The van der Waals surface area contributed by atoms with Gasteiger partial charge in [-0.15, -0.1) is 0 Å². The lowest BCUT2D eigenvalue weighted by molar-refractivity contribution is -0.131. The summed E-state index contributed by atoms with van der Waals surface area (Å²) in [4.78, 5) is 27.9. The third-order valence-corrected chi connectivity index (χ3v) is 4.74. The number of amides is 2. The summed E-state index contributed by atoms with van der Waals surface area (Å²) < 4.78 is 5.20. The lowest BCUT2D eigenvalue weighted by Gasteiger charge is -2.22. The van der Waals surface area contributed by atoms with Crippen molar-refractivity contribution in [1.82, 2.24) is 9.80 Å². The van der Waals surface area contributed by atoms with E-state index in [0.717, 1.165) is 11.3 Å². The Morgan fingerprint density at radius 1 is 1.04 bits per heavy atom. The van der Waals surface area contributed by atoms with E-state index < -0.39 is 0 Å². The quantitative estimate of drug-likeness (QED) is 0.705. The minimum absolute atomic E-state index is 0.0684. The Morgan fingerprint density at radius 3 is 2.46 bits per heavy atom. The molecule has 0 bridgehead atoms. The highest BCUT2D eigenvalue weighted by molar-refractivity contribution is 6.42. The van der Waals surface area contributed by atoms with E-state index in [0.29, 0.717) is 22.3 Å². The van der Waals surface area contributed by atoms with Crippen molar-refractivity contribution >= 4 is 40.7 Å². The molecule has 0 aromatic heterocycles. The number of nitrogens with zero attached hydrogens (tertiary/aromatic N) is 2. The normalized spacial score (nSPS) is 10.6. The molecule has 28 heavy (non-hydrogen) atoms. The van der Waals surface area contributed by atoms with Crippen LogP contribution < -0.4 is 10.1 Å². The number of ether oxygens (including phenoxy) is 1. The Balaban J connectivity index is 1.83. The monoisotopic (exact) mass is 423 g/mol. The highest BCUT2D eigenvalue weighted by Gasteiger charge is 2.15. The molecule has 2 amide bonds. The summed E-state index contributed by atoms with van der Waals surface area (Å²) in [5.74, 6) is 0.409. The fourth-order valence-electron chi connectivity index (χ4n) is 2.56. The van der Waals surface area contributed by atoms with E-state index >= 15 is 0 Å². The number of benzene rings is 2. The van der Waals surface area contributed by atoms with Crippen LogP contribution >= 0.6 is 23.2 Å². The average molecular weight is 424 g/mol. The van der Waals surface area contributed by atoms with E-state index in [1.165, 1.54) is 0 Å². The van der Waals surface area contributed by atoms with Crippen LogP contribution in [0.15, 0.2) is 42.5 Å². The lowest BCUT2D eigenvalue weighted by atomic mass is 10.2. The molecule has 0 spiro atoms. The van der Waals surface area contributed by atoms with E-state index in [1.54, 1.807) is 49.2 Å². The number of carbonyl (C=O) groups is 2. The van der Waals surface area contributed by atoms with Gasteiger partial charge in [-0.05, 0) is 42.9 Å². The number of anilines is 1. The molecule has 0 saturated carbocycles. The van der Waals surface area contributed by atoms with Crippen LogP contribution in [0.4, 0.5) is 5.69 Å². The molecule has 1 N–H and O–H groups in total. The molecular weight excluding hydrogens is 401 g/mol. The zero-order valence-corrected chi connectivity index (χ0v) is 17.5. The molecule has 0 radical (unpaired) electrons. The second-order valence-corrected chi connectivity index (χ2v) is 7.27. The lowest BCUT2D eigenvalue weighted by Crippen LogP contribution is -2.39. The van der Waals surface area contributed by atoms with E-state index in [2.05, 4.69) is 5.32 Å². The van der Waals surface area contributed by atoms with E-state index in [1.807, 2.05) is 24.3 Å². The van der Waals surface area contributed by atoms with Gasteiger partial charge in [0.05, 0.1) is 30.2 Å². The van der Waals surface area contributed by atoms with Crippen LogP contribution in [0.3, 0.4) is 0 Å². The first-order valence-electron chi connectivity index (χ1n) is 8.59. The SMILES string of the molecule is COc1cccc(CN(C)C(=O)CN(C)CC(=O)Nc2ccc(Cl)c(Cl)c2)c1. The number of hydrogen-bond acceptors (Lipinski definition) is 4. The van der Waals surface area contributed by atoms with Gasteiger partial charge in [-0.2, -0.15) is 0 Å². The maximum Gasteiger partial charge on any atom is 0.238 e. The van der Waals surface area contributed by atoms with Crippen LogP contribution in [-0.4, -0.2) is 55.9 Å². The summed E-state index contributed by atoms with van der Waals surface area (Å²) in [7, 11) is 5.04. The molecule has 0 saturated heterocycles. The maximum absolute atomic E-state index is 12.4. The number of methoxy groups -OCH3 is 1. The number of hydrogen-bond donors (Lipinski definition) is 1. The van der Waals surface area contributed by atoms with Crippen molar-refractivity contribution in [3.8, 4) is 5.75 Å². The zero-order valence-electron chi connectivity index (χ0n) is 16.0. The largest absolute Gasteiger partial charge is 0.497 e. The Hall–Kier alpha value is -2.28. The minimum atomic E-state index is -0.246. The summed E-state index contributed by atoms with van der Waals surface area (Å²) in [5, 5.41) is 3.51. The average Bonchev–Trinajstić information content (AvgIpc) is 2.64. The van der Waals surface area contributed by atoms with Gasteiger partial charge in [-0.25, -0.2) is 0 Å². The molecule has 0 aliphatic rings. The molecule has 0 fully saturated rings. The van der Waals surface area contributed by atoms with Gasteiger partial charge in [0.15, 0.2) is 0 Å². The van der Waals surface area contributed by atoms with Gasteiger partial charge in [0.2, 0.25) is 11.8 Å². The molecule has 2 aromatic carbocycles. The Morgan fingerprint density at radius 2 is 1.79 bits per heavy atom. The number of halogens is 2. The fourth-order valence-corrected chi connectivity index (χ4v) is 2.86. The van der Waals surface area contributed by atoms with Crippen LogP contribution in [0.2, 0.25) is 10.0 Å². The summed E-state index contributed by atoms with van der Waals surface area (Å²) in [6.45, 7) is 0.646. The Labute approximate surface area is 175 Å². The molecule has 0 unspecified atom stereocenters. The van der Waals surface area contributed by atoms with Crippen LogP contribution in [0, 0.1) is 0 Å².